The van der Waals surface area contributed by atoms with Gasteiger partial charge < -0.3 is 0 Å². The molecule has 0 heterocycles. The Morgan fingerprint density at radius 2 is 1.63 bits per heavy atom. The molecule has 0 aliphatic heterocycles. The monoisotopic (exact) mass is 274 g/mol. The van der Waals surface area contributed by atoms with Gasteiger partial charge in [0.25, 0.3) is 5.91 Å². The Labute approximate surface area is 110 Å². The van der Waals surface area contributed by atoms with Crippen LogP contribution in [-0.4, -0.2) is 18.1 Å². The highest BCUT2D eigenvalue weighted by Gasteiger charge is 2.47. The minimum Gasteiger partial charge on any atom is -0.287 e. The molecule has 0 fully saturated rings. The molecule has 0 bridgehead atoms. The lowest BCUT2D eigenvalue weighted by molar-refractivity contribution is -0.179. The number of alkyl halides is 3. The number of halogens is 3. The second-order valence-corrected chi connectivity index (χ2v) is 5.31. The second kappa shape index (κ2) is 5.61. The van der Waals surface area contributed by atoms with Crippen LogP contribution in [0.25, 0.3) is 0 Å². The standard InChI is InChI=1S/C13H17F3N2O/c1-12(2,3)11(13(14,15)16)18-17-10(19)9-7-5-4-6-8-9/h4-8,11,18H,1-3H3,(H,17,19). The lowest BCUT2D eigenvalue weighted by atomic mass is 9.87. The van der Waals surface area contributed by atoms with Crippen LogP contribution in [0.3, 0.4) is 0 Å². The van der Waals surface area contributed by atoms with E-state index < -0.39 is 23.5 Å². The third-order valence-electron chi connectivity index (χ3n) is 2.56. The Morgan fingerprint density at radius 3 is 2.05 bits per heavy atom. The minimum atomic E-state index is -4.44. The summed E-state index contributed by atoms with van der Waals surface area (Å²) in [6.07, 6.45) is -4.44. The topological polar surface area (TPSA) is 41.1 Å². The zero-order valence-corrected chi connectivity index (χ0v) is 11.0. The predicted molar refractivity (Wildman–Crippen MR) is 66.3 cm³/mol. The van der Waals surface area contributed by atoms with Gasteiger partial charge in [0.1, 0.15) is 6.04 Å². The highest BCUT2D eigenvalue weighted by Crippen LogP contribution is 2.32. The number of hydrazine groups is 1. The lowest BCUT2D eigenvalue weighted by Gasteiger charge is -2.33. The number of amides is 1. The summed E-state index contributed by atoms with van der Waals surface area (Å²) in [6.45, 7) is 4.35. The summed E-state index contributed by atoms with van der Waals surface area (Å²) in [5.41, 5.74) is 3.41. The molecule has 0 saturated heterocycles. The third-order valence-corrected chi connectivity index (χ3v) is 2.56. The van der Waals surface area contributed by atoms with E-state index >= 15 is 0 Å². The molecule has 2 N–H and O–H groups in total. The summed E-state index contributed by atoms with van der Waals surface area (Å²) >= 11 is 0. The van der Waals surface area contributed by atoms with Gasteiger partial charge in [-0.15, -0.1) is 0 Å². The van der Waals surface area contributed by atoms with E-state index in [1.807, 2.05) is 0 Å². The SMILES string of the molecule is CC(C)(C)C(NNC(=O)c1ccccc1)C(F)(F)F. The molecule has 1 rings (SSSR count). The molecular weight excluding hydrogens is 257 g/mol. The van der Waals surface area contributed by atoms with Crippen LogP contribution < -0.4 is 10.9 Å². The molecule has 0 spiro atoms. The van der Waals surface area contributed by atoms with E-state index in [0.717, 1.165) is 0 Å². The fourth-order valence-electron chi connectivity index (χ4n) is 1.59. The summed E-state index contributed by atoms with van der Waals surface area (Å²) in [7, 11) is 0. The van der Waals surface area contributed by atoms with E-state index in [9.17, 15) is 18.0 Å². The fourth-order valence-corrected chi connectivity index (χ4v) is 1.59. The van der Waals surface area contributed by atoms with Crippen LogP contribution in [-0.2, 0) is 0 Å². The molecule has 0 saturated carbocycles. The van der Waals surface area contributed by atoms with Gasteiger partial charge >= 0.3 is 6.18 Å². The number of carbonyl (C=O) groups excluding carboxylic acids is 1. The quantitative estimate of drug-likeness (QED) is 0.832. The van der Waals surface area contributed by atoms with Crippen molar-refractivity contribution in [2.45, 2.75) is 33.0 Å². The van der Waals surface area contributed by atoms with Crippen molar-refractivity contribution < 1.29 is 18.0 Å². The summed E-state index contributed by atoms with van der Waals surface area (Å²) in [5, 5.41) is 0. The normalized spacial score (nSPS) is 14.0. The molecule has 0 aliphatic carbocycles. The van der Waals surface area contributed by atoms with E-state index in [1.54, 1.807) is 18.2 Å². The summed E-state index contributed by atoms with van der Waals surface area (Å²) in [6, 6.07) is 6.22. The first-order chi connectivity index (χ1) is 8.62. The maximum Gasteiger partial charge on any atom is 0.406 e. The Kier molecular flexibility index (Phi) is 4.57. The van der Waals surface area contributed by atoms with Crippen LogP contribution in [0.4, 0.5) is 13.2 Å². The number of nitrogens with one attached hydrogen (secondary N) is 2. The van der Waals surface area contributed by atoms with Crippen LogP contribution in [0, 0.1) is 5.41 Å². The fraction of sp³-hybridized carbons (Fsp3) is 0.462. The Balaban J connectivity index is 2.71. The zero-order chi connectivity index (χ0) is 14.7. The van der Waals surface area contributed by atoms with Gasteiger partial charge in [-0.1, -0.05) is 39.0 Å². The van der Waals surface area contributed by atoms with Crippen molar-refractivity contribution in [2.75, 3.05) is 0 Å². The second-order valence-electron chi connectivity index (χ2n) is 5.31. The zero-order valence-electron chi connectivity index (χ0n) is 11.0. The van der Waals surface area contributed by atoms with Crippen molar-refractivity contribution in [2.24, 2.45) is 5.41 Å². The average Bonchev–Trinajstić information content (AvgIpc) is 2.26. The van der Waals surface area contributed by atoms with E-state index in [1.165, 1.54) is 32.9 Å². The number of benzene rings is 1. The number of carbonyl (C=O) groups is 1. The average molecular weight is 274 g/mol. The van der Waals surface area contributed by atoms with E-state index in [2.05, 4.69) is 10.9 Å². The molecule has 1 unspecified atom stereocenters. The van der Waals surface area contributed by atoms with Crippen molar-refractivity contribution in [3.8, 4) is 0 Å². The van der Waals surface area contributed by atoms with Crippen LogP contribution in [0.1, 0.15) is 31.1 Å². The number of rotatable bonds is 3. The Bertz CT molecular complexity index is 410. The summed E-state index contributed by atoms with van der Waals surface area (Å²) in [4.78, 5) is 11.7. The van der Waals surface area contributed by atoms with Crippen LogP contribution in [0.5, 0.6) is 0 Å². The van der Waals surface area contributed by atoms with E-state index in [-0.39, 0.29) is 0 Å². The van der Waals surface area contributed by atoms with Crippen molar-refractivity contribution in [3.05, 3.63) is 35.9 Å². The molecule has 0 aliphatic rings. The first kappa shape index (κ1) is 15.5. The molecule has 1 aromatic carbocycles. The van der Waals surface area contributed by atoms with E-state index in [0.29, 0.717) is 5.56 Å². The molecule has 1 atom stereocenters. The molecular formula is C13H17F3N2O. The Hall–Kier alpha value is -1.56. The summed E-state index contributed by atoms with van der Waals surface area (Å²) < 4.78 is 38.6. The van der Waals surface area contributed by atoms with Gasteiger partial charge in [-0.05, 0) is 17.5 Å². The highest BCUT2D eigenvalue weighted by molar-refractivity contribution is 5.93. The van der Waals surface area contributed by atoms with Crippen molar-refractivity contribution in [1.82, 2.24) is 10.9 Å². The molecule has 3 nitrogen and oxygen atoms in total. The number of hydrogen-bond acceptors (Lipinski definition) is 2. The molecule has 6 heteroatoms. The van der Waals surface area contributed by atoms with Gasteiger partial charge in [-0.25, -0.2) is 5.43 Å². The highest BCUT2D eigenvalue weighted by atomic mass is 19.4. The molecule has 0 aromatic heterocycles. The number of hydrogen-bond donors (Lipinski definition) is 2. The van der Waals surface area contributed by atoms with Gasteiger partial charge in [0, 0.05) is 5.56 Å². The smallest absolute Gasteiger partial charge is 0.287 e. The lowest BCUT2D eigenvalue weighted by Crippen LogP contribution is -2.57. The van der Waals surface area contributed by atoms with Gasteiger partial charge in [-0.3, -0.25) is 10.2 Å². The Morgan fingerprint density at radius 1 is 1.11 bits per heavy atom. The minimum absolute atomic E-state index is 0.296. The van der Waals surface area contributed by atoms with Gasteiger partial charge in [0.15, 0.2) is 0 Å². The first-order valence-electron chi connectivity index (χ1n) is 5.80. The van der Waals surface area contributed by atoms with Gasteiger partial charge in [-0.2, -0.15) is 13.2 Å². The molecule has 1 aromatic rings. The van der Waals surface area contributed by atoms with E-state index in [4.69, 9.17) is 0 Å². The maximum atomic E-state index is 12.9. The first-order valence-corrected chi connectivity index (χ1v) is 5.80. The van der Waals surface area contributed by atoms with Crippen LogP contribution in [0.2, 0.25) is 0 Å². The molecule has 19 heavy (non-hydrogen) atoms. The summed E-state index contributed by atoms with van der Waals surface area (Å²) in [5.74, 6) is -0.598. The largest absolute Gasteiger partial charge is 0.406 e. The van der Waals surface area contributed by atoms with Gasteiger partial charge in [0.2, 0.25) is 0 Å². The maximum absolute atomic E-state index is 12.9. The van der Waals surface area contributed by atoms with Crippen LogP contribution >= 0.6 is 0 Å². The van der Waals surface area contributed by atoms with Gasteiger partial charge in [0.05, 0.1) is 0 Å². The third kappa shape index (κ3) is 4.55. The molecule has 1 amide bonds. The van der Waals surface area contributed by atoms with Crippen LogP contribution in [0.15, 0.2) is 30.3 Å². The van der Waals surface area contributed by atoms with Crippen molar-refractivity contribution >= 4 is 5.91 Å². The molecule has 0 radical (unpaired) electrons. The van der Waals surface area contributed by atoms with Crippen molar-refractivity contribution in [3.63, 3.8) is 0 Å². The predicted octanol–water partition coefficient (Wildman–Crippen LogP) is 2.90. The van der Waals surface area contributed by atoms with Crippen molar-refractivity contribution in [1.29, 1.82) is 0 Å². The molecule has 106 valence electrons.